The fraction of sp³-hybridized carbons (Fsp3) is 0.273. The van der Waals surface area contributed by atoms with E-state index in [2.05, 4.69) is 10.2 Å². The number of hydrogen-bond donors (Lipinski definition) is 1. The standard InChI is InChI=1S/C11H13FN4S2/c1-16-10(13)14-15-11(16)18-7-6-17-9-4-2-8(12)3-5-9/h2-5H,6-7H2,1H3,(H2,13,14). The topological polar surface area (TPSA) is 56.7 Å². The summed E-state index contributed by atoms with van der Waals surface area (Å²) >= 11 is 3.29. The minimum absolute atomic E-state index is 0.205. The van der Waals surface area contributed by atoms with Crippen LogP contribution < -0.4 is 5.73 Å². The molecule has 0 radical (unpaired) electrons. The Morgan fingerprint density at radius 3 is 2.44 bits per heavy atom. The molecule has 2 rings (SSSR count). The molecule has 18 heavy (non-hydrogen) atoms. The minimum Gasteiger partial charge on any atom is -0.368 e. The minimum atomic E-state index is -0.205. The zero-order valence-corrected chi connectivity index (χ0v) is 11.5. The molecule has 0 bridgehead atoms. The van der Waals surface area contributed by atoms with Crippen LogP contribution in [0.3, 0.4) is 0 Å². The number of hydrogen-bond acceptors (Lipinski definition) is 5. The van der Waals surface area contributed by atoms with Crippen LogP contribution in [-0.4, -0.2) is 26.3 Å². The van der Waals surface area contributed by atoms with Gasteiger partial charge in [-0.1, -0.05) is 11.8 Å². The quantitative estimate of drug-likeness (QED) is 0.675. The van der Waals surface area contributed by atoms with Crippen molar-refractivity contribution in [2.45, 2.75) is 10.1 Å². The van der Waals surface area contributed by atoms with Crippen LogP contribution in [0, 0.1) is 5.82 Å². The van der Waals surface area contributed by atoms with E-state index in [1.807, 2.05) is 7.05 Å². The van der Waals surface area contributed by atoms with Crippen LogP contribution in [0.15, 0.2) is 34.3 Å². The highest BCUT2D eigenvalue weighted by molar-refractivity contribution is 8.02. The smallest absolute Gasteiger partial charge is 0.222 e. The molecule has 1 heterocycles. The maximum Gasteiger partial charge on any atom is 0.222 e. The van der Waals surface area contributed by atoms with Gasteiger partial charge in [-0.15, -0.1) is 22.0 Å². The normalized spacial score (nSPS) is 10.8. The molecule has 1 aromatic heterocycles. The van der Waals surface area contributed by atoms with Crippen molar-refractivity contribution >= 4 is 29.5 Å². The molecule has 4 nitrogen and oxygen atoms in total. The molecule has 0 amide bonds. The number of nitrogen functional groups attached to an aromatic ring is 1. The van der Waals surface area contributed by atoms with Gasteiger partial charge >= 0.3 is 0 Å². The third-order valence-electron chi connectivity index (χ3n) is 2.27. The maximum absolute atomic E-state index is 12.7. The molecule has 0 saturated carbocycles. The highest BCUT2D eigenvalue weighted by atomic mass is 32.2. The monoisotopic (exact) mass is 284 g/mol. The summed E-state index contributed by atoms with van der Waals surface area (Å²) in [6, 6.07) is 6.51. The second-order valence-corrected chi connectivity index (χ2v) is 5.78. The largest absolute Gasteiger partial charge is 0.368 e. The molecule has 0 aliphatic rings. The molecule has 0 fully saturated rings. The van der Waals surface area contributed by atoms with E-state index in [0.29, 0.717) is 5.95 Å². The van der Waals surface area contributed by atoms with Crippen LogP contribution >= 0.6 is 23.5 Å². The van der Waals surface area contributed by atoms with Gasteiger partial charge in [-0.2, -0.15) is 0 Å². The molecule has 1 aromatic carbocycles. The Hall–Kier alpha value is -1.21. The summed E-state index contributed by atoms with van der Waals surface area (Å²) in [5.41, 5.74) is 5.59. The molecule has 0 saturated heterocycles. The third kappa shape index (κ3) is 3.39. The first-order valence-electron chi connectivity index (χ1n) is 5.33. The molecular formula is C11H13FN4S2. The number of aromatic nitrogens is 3. The van der Waals surface area contributed by atoms with Crippen molar-refractivity contribution in [2.75, 3.05) is 17.2 Å². The third-order valence-corrected chi connectivity index (χ3v) is 4.56. The first kappa shape index (κ1) is 13.2. The molecule has 2 N–H and O–H groups in total. The van der Waals surface area contributed by atoms with Crippen LogP contribution in [0.5, 0.6) is 0 Å². The molecule has 0 atom stereocenters. The van der Waals surface area contributed by atoms with Gasteiger partial charge in [-0.25, -0.2) is 4.39 Å². The molecule has 0 aliphatic carbocycles. The van der Waals surface area contributed by atoms with Gasteiger partial charge in [0.1, 0.15) is 5.82 Å². The van der Waals surface area contributed by atoms with Crippen LogP contribution in [0.1, 0.15) is 0 Å². The fourth-order valence-electron chi connectivity index (χ4n) is 1.28. The highest BCUT2D eigenvalue weighted by Gasteiger charge is 2.05. The second kappa shape index (κ2) is 6.10. The molecule has 0 spiro atoms. The van der Waals surface area contributed by atoms with Crippen molar-refractivity contribution in [3.05, 3.63) is 30.1 Å². The predicted molar refractivity (Wildman–Crippen MR) is 73.3 cm³/mol. The van der Waals surface area contributed by atoms with Crippen molar-refractivity contribution in [3.8, 4) is 0 Å². The number of anilines is 1. The summed E-state index contributed by atoms with van der Waals surface area (Å²) in [7, 11) is 1.84. The molecule has 0 aliphatic heterocycles. The van der Waals surface area contributed by atoms with Gasteiger partial charge in [0.2, 0.25) is 5.95 Å². The number of halogens is 1. The molecular weight excluding hydrogens is 271 g/mol. The van der Waals surface area contributed by atoms with Crippen molar-refractivity contribution in [2.24, 2.45) is 7.05 Å². The van der Waals surface area contributed by atoms with Gasteiger partial charge in [0.25, 0.3) is 0 Å². The van der Waals surface area contributed by atoms with Gasteiger partial charge in [0.05, 0.1) is 0 Å². The Kier molecular flexibility index (Phi) is 4.48. The Balaban J connectivity index is 1.76. The Bertz CT molecular complexity index is 512. The number of nitrogens with zero attached hydrogens (tertiary/aromatic N) is 3. The SMILES string of the molecule is Cn1c(N)nnc1SCCSc1ccc(F)cc1. The summed E-state index contributed by atoms with van der Waals surface area (Å²) < 4.78 is 14.5. The average molecular weight is 284 g/mol. The predicted octanol–water partition coefficient (Wildman–Crippen LogP) is 2.42. The summed E-state index contributed by atoms with van der Waals surface area (Å²) in [6.45, 7) is 0. The van der Waals surface area contributed by atoms with Crippen LogP contribution in [0.25, 0.3) is 0 Å². The summed E-state index contributed by atoms with van der Waals surface area (Å²) in [5.74, 6) is 2.03. The van der Waals surface area contributed by atoms with E-state index in [1.165, 1.54) is 12.1 Å². The van der Waals surface area contributed by atoms with E-state index >= 15 is 0 Å². The lowest BCUT2D eigenvalue weighted by Crippen LogP contribution is -1.98. The van der Waals surface area contributed by atoms with Crippen molar-refractivity contribution in [1.82, 2.24) is 14.8 Å². The Morgan fingerprint density at radius 1 is 1.17 bits per heavy atom. The van der Waals surface area contributed by atoms with Gasteiger partial charge in [-0.3, -0.25) is 4.57 Å². The average Bonchev–Trinajstić information content (AvgIpc) is 2.68. The number of thioether (sulfide) groups is 2. The van der Waals surface area contributed by atoms with Crippen LogP contribution in [0.4, 0.5) is 10.3 Å². The van der Waals surface area contributed by atoms with E-state index in [4.69, 9.17) is 5.73 Å². The van der Waals surface area contributed by atoms with Crippen molar-refractivity contribution in [1.29, 1.82) is 0 Å². The van der Waals surface area contributed by atoms with E-state index in [-0.39, 0.29) is 5.82 Å². The number of benzene rings is 1. The fourth-order valence-corrected chi connectivity index (χ4v) is 3.07. The Labute approximate surface area is 113 Å². The number of nitrogens with two attached hydrogens (primary N) is 1. The Morgan fingerprint density at radius 2 is 1.83 bits per heavy atom. The zero-order chi connectivity index (χ0) is 13.0. The molecule has 2 aromatic rings. The van der Waals surface area contributed by atoms with Gasteiger partial charge in [-0.05, 0) is 24.3 Å². The molecule has 7 heteroatoms. The van der Waals surface area contributed by atoms with E-state index in [1.54, 1.807) is 40.2 Å². The first-order valence-corrected chi connectivity index (χ1v) is 7.30. The van der Waals surface area contributed by atoms with Gasteiger partial charge < -0.3 is 5.73 Å². The summed E-state index contributed by atoms with van der Waals surface area (Å²) in [6.07, 6.45) is 0. The van der Waals surface area contributed by atoms with Gasteiger partial charge in [0, 0.05) is 23.4 Å². The summed E-state index contributed by atoms with van der Waals surface area (Å²) in [4.78, 5) is 1.06. The molecule has 0 unspecified atom stereocenters. The van der Waals surface area contributed by atoms with Crippen molar-refractivity contribution < 1.29 is 4.39 Å². The van der Waals surface area contributed by atoms with Crippen LogP contribution in [-0.2, 0) is 7.05 Å². The van der Waals surface area contributed by atoms with E-state index < -0.39 is 0 Å². The van der Waals surface area contributed by atoms with E-state index in [9.17, 15) is 4.39 Å². The number of rotatable bonds is 5. The van der Waals surface area contributed by atoms with Crippen molar-refractivity contribution in [3.63, 3.8) is 0 Å². The van der Waals surface area contributed by atoms with Gasteiger partial charge in [0.15, 0.2) is 5.16 Å². The lowest BCUT2D eigenvalue weighted by atomic mass is 10.4. The lowest BCUT2D eigenvalue weighted by Gasteiger charge is -2.02. The van der Waals surface area contributed by atoms with Crippen LogP contribution in [0.2, 0.25) is 0 Å². The van der Waals surface area contributed by atoms with E-state index in [0.717, 1.165) is 21.6 Å². The second-order valence-electron chi connectivity index (χ2n) is 3.55. The lowest BCUT2D eigenvalue weighted by molar-refractivity contribution is 0.626. The summed E-state index contributed by atoms with van der Waals surface area (Å²) in [5, 5.41) is 8.56. The highest BCUT2D eigenvalue weighted by Crippen LogP contribution is 2.22. The first-order chi connectivity index (χ1) is 8.66. The maximum atomic E-state index is 12.7. The molecule has 96 valence electrons. The zero-order valence-electron chi connectivity index (χ0n) is 9.84.